The molecule has 0 fully saturated rings. The summed E-state index contributed by atoms with van der Waals surface area (Å²) in [5.74, 6) is -1.22. The van der Waals surface area contributed by atoms with Crippen LogP contribution in [0.3, 0.4) is 0 Å². The highest BCUT2D eigenvalue weighted by Crippen LogP contribution is 2.18. The van der Waals surface area contributed by atoms with Gasteiger partial charge in [-0.25, -0.2) is 4.79 Å². The Morgan fingerprint density at radius 2 is 2.36 bits per heavy atom. The first-order valence-corrected chi connectivity index (χ1v) is 3.92. The molecule has 74 valence electrons. The number of hydrogen-bond acceptors (Lipinski definition) is 4. The number of nitrogens with zero attached hydrogens (tertiary/aromatic N) is 2. The fraction of sp³-hybridized carbons (Fsp3) is 0.250. The minimum Gasteiger partial charge on any atom is -0.478 e. The zero-order chi connectivity index (χ0) is 10.7. The van der Waals surface area contributed by atoms with Crippen molar-refractivity contribution in [1.82, 2.24) is 4.98 Å². The predicted octanol–water partition coefficient (Wildman–Crippen LogP) is 1.25. The van der Waals surface area contributed by atoms with Crippen LogP contribution < -0.4 is 0 Å². The van der Waals surface area contributed by atoms with Gasteiger partial charge in [0.25, 0.3) is 5.69 Å². The maximum absolute atomic E-state index is 10.5. The van der Waals surface area contributed by atoms with Gasteiger partial charge >= 0.3 is 5.97 Å². The van der Waals surface area contributed by atoms with E-state index in [0.29, 0.717) is 12.1 Å². The monoisotopic (exact) mass is 196 g/mol. The van der Waals surface area contributed by atoms with Crippen molar-refractivity contribution in [2.45, 2.75) is 13.3 Å². The Hall–Kier alpha value is -1.98. The van der Waals surface area contributed by atoms with Gasteiger partial charge < -0.3 is 5.11 Å². The molecule has 14 heavy (non-hydrogen) atoms. The van der Waals surface area contributed by atoms with E-state index in [-0.39, 0.29) is 11.3 Å². The van der Waals surface area contributed by atoms with Gasteiger partial charge in [0.15, 0.2) is 0 Å². The number of pyridine rings is 1. The molecule has 1 rings (SSSR count). The Morgan fingerprint density at radius 3 is 2.79 bits per heavy atom. The molecule has 0 radical (unpaired) electrons. The van der Waals surface area contributed by atoms with E-state index in [1.807, 2.05) is 0 Å². The molecular formula is C8H8N2O4. The summed E-state index contributed by atoms with van der Waals surface area (Å²) < 4.78 is 0. The largest absolute Gasteiger partial charge is 0.478 e. The number of aromatic carboxylic acids is 1. The van der Waals surface area contributed by atoms with Gasteiger partial charge in [0.2, 0.25) is 0 Å². The summed E-state index contributed by atoms with van der Waals surface area (Å²) in [5.41, 5.74) is -0.124. The van der Waals surface area contributed by atoms with Crippen LogP contribution in [0.4, 0.5) is 5.69 Å². The number of hydrogen-bond donors (Lipinski definition) is 1. The second-order valence-corrected chi connectivity index (χ2v) is 2.61. The van der Waals surface area contributed by atoms with Crippen LogP contribution in [-0.2, 0) is 6.42 Å². The van der Waals surface area contributed by atoms with Crippen LogP contribution in [0.5, 0.6) is 0 Å². The zero-order valence-corrected chi connectivity index (χ0v) is 7.43. The Bertz CT molecular complexity index is 389. The number of carboxylic acids is 1. The number of aromatic nitrogens is 1. The van der Waals surface area contributed by atoms with E-state index in [1.165, 1.54) is 0 Å². The number of nitro groups is 1. The van der Waals surface area contributed by atoms with Gasteiger partial charge in [-0.1, -0.05) is 6.92 Å². The molecule has 1 aromatic rings. The maximum atomic E-state index is 10.5. The van der Waals surface area contributed by atoms with Crippen molar-refractivity contribution in [3.63, 3.8) is 0 Å². The van der Waals surface area contributed by atoms with Gasteiger partial charge in [-0.3, -0.25) is 15.1 Å². The molecule has 0 aliphatic carbocycles. The highest BCUT2D eigenvalue weighted by Gasteiger charge is 2.16. The molecule has 0 atom stereocenters. The summed E-state index contributed by atoms with van der Waals surface area (Å²) in [6, 6.07) is 1.02. The van der Waals surface area contributed by atoms with Crippen molar-refractivity contribution in [1.29, 1.82) is 0 Å². The lowest BCUT2D eigenvalue weighted by Gasteiger charge is -1.99. The SMILES string of the molecule is CCc1ncc(C(=O)O)cc1[N+](=O)[O-]. The van der Waals surface area contributed by atoms with Crippen LogP contribution in [0.25, 0.3) is 0 Å². The van der Waals surface area contributed by atoms with E-state index in [4.69, 9.17) is 5.11 Å². The minimum atomic E-state index is -1.22. The van der Waals surface area contributed by atoms with E-state index in [2.05, 4.69) is 4.98 Å². The molecule has 1 heterocycles. The molecule has 6 nitrogen and oxygen atoms in total. The maximum Gasteiger partial charge on any atom is 0.337 e. The third-order valence-corrected chi connectivity index (χ3v) is 1.73. The van der Waals surface area contributed by atoms with E-state index < -0.39 is 10.9 Å². The van der Waals surface area contributed by atoms with Crippen LogP contribution in [-0.4, -0.2) is 21.0 Å². The average molecular weight is 196 g/mol. The molecule has 0 unspecified atom stereocenters. The molecule has 0 aromatic carbocycles. The first kappa shape index (κ1) is 10.1. The Morgan fingerprint density at radius 1 is 1.71 bits per heavy atom. The highest BCUT2D eigenvalue weighted by atomic mass is 16.6. The summed E-state index contributed by atoms with van der Waals surface area (Å²) >= 11 is 0. The van der Waals surface area contributed by atoms with E-state index in [0.717, 1.165) is 12.3 Å². The zero-order valence-electron chi connectivity index (χ0n) is 7.43. The van der Waals surface area contributed by atoms with Gasteiger partial charge in [0.05, 0.1) is 10.5 Å². The van der Waals surface area contributed by atoms with Crippen molar-refractivity contribution in [3.05, 3.63) is 33.6 Å². The van der Waals surface area contributed by atoms with Gasteiger partial charge in [0, 0.05) is 12.3 Å². The van der Waals surface area contributed by atoms with Gasteiger partial charge in [-0.15, -0.1) is 0 Å². The number of carbonyl (C=O) groups is 1. The van der Waals surface area contributed by atoms with Crippen LogP contribution in [0.2, 0.25) is 0 Å². The van der Waals surface area contributed by atoms with E-state index in [9.17, 15) is 14.9 Å². The summed E-state index contributed by atoms with van der Waals surface area (Å²) in [4.78, 5) is 24.1. The predicted molar refractivity (Wildman–Crippen MR) is 47.2 cm³/mol. The highest BCUT2D eigenvalue weighted by molar-refractivity contribution is 5.88. The topological polar surface area (TPSA) is 93.3 Å². The second-order valence-electron chi connectivity index (χ2n) is 2.61. The first-order chi connectivity index (χ1) is 6.56. The lowest BCUT2D eigenvalue weighted by atomic mass is 10.2. The number of aryl methyl sites for hydroxylation is 1. The van der Waals surface area contributed by atoms with Gasteiger partial charge in [-0.2, -0.15) is 0 Å². The van der Waals surface area contributed by atoms with Crippen LogP contribution in [0.1, 0.15) is 23.0 Å². The van der Waals surface area contributed by atoms with Crippen molar-refractivity contribution in [2.75, 3.05) is 0 Å². The van der Waals surface area contributed by atoms with E-state index >= 15 is 0 Å². The van der Waals surface area contributed by atoms with Crippen molar-refractivity contribution < 1.29 is 14.8 Å². The first-order valence-electron chi connectivity index (χ1n) is 3.92. The Kier molecular flexibility index (Phi) is 2.76. The smallest absolute Gasteiger partial charge is 0.337 e. The number of rotatable bonds is 3. The summed E-state index contributed by atoms with van der Waals surface area (Å²) in [5, 5.41) is 19.1. The fourth-order valence-electron chi connectivity index (χ4n) is 1.03. The van der Waals surface area contributed by atoms with Gasteiger partial charge in [0.1, 0.15) is 5.69 Å². The second kappa shape index (κ2) is 3.82. The molecular weight excluding hydrogens is 188 g/mol. The van der Waals surface area contributed by atoms with Crippen molar-refractivity contribution >= 4 is 11.7 Å². The third kappa shape index (κ3) is 1.85. The molecule has 0 amide bonds. The average Bonchev–Trinajstić information content (AvgIpc) is 2.16. The van der Waals surface area contributed by atoms with Crippen LogP contribution in [0.15, 0.2) is 12.3 Å². The van der Waals surface area contributed by atoms with Crippen LogP contribution >= 0.6 is 0 Å². The molecule has 0 aliphatic heterocycles. The Labute approximate surface area is 79.4 Å². The summed E-state index contributed by atoms with van der Waals surface area (Å²) in [7, 11) is 0. The molecule has 6 heteroatoms. The lowest BCUT2D eigenvalue weighted by Crippen LogP contribution is -2.03. The minimum absolute atomic E-state index is 0.172. The molecule has 0 saturated heterocycles. The third-order valence-electron chi connectivity index (χ3n) is 1.73. The molecule has 1 aromatic heterocycles. The molecule has 0 spiro atoms. The lowest BCUT2D eigenvalue weighted by molar-refractivity contribution is -0.385. The van der Waals surface area contributed by atoms with Crippen molar-refractivity contribution in [2.24, 2.45) is 0 Å². The molecule has 0 bridgehead atoms. The normalized spacial score (nSPS) is 9.79. The summed E-state index contributed by atoms with van der Waals surface area (Å²) in [6.07, 6.45) is 1.52. The standard InChI is InChI=1S/C8H8N2O4/c1-2-6-7(10(13)14)3-5(4-9-6)8(11)12/h3-4H,2H2,1H3,(H,11,12). The molecule has 1 N–H and O–H groups in total. The van der Waals surface area contributed by atoms with Crippen molar-refractivity contribution in [3.8, 4) is 0 Å². The quantitative estimate of drug-likeness (QED) is 0.580. The molecule has 0 aliphatic rings. The summed E-state index contributed by atoms with van der Waals surface area (Å²) in [6.45, 7) is 1.72. The number of carboxylic acid groups (broad SMARTS) is 1. The van der Waals surface area contributed by atoms with Gasteiger partial charge in [-0.05, 0) is 6.42 Å². The fourth-order valence-corrected chi connectivity index (χ4v) is 1.03. The van der Waals surface area contributed by atoms with Crippen LogP contribution in [0, 0.1) is 10.1 Å². The Balaban J connectivity index is 3.27. The molecule has 0 saturated carbocycles. The van der Waals surface area contributed by atoms with E-state index in [1.54, 1.807) is 6.92 Å².